The lowest BCUT2D eigenvalue weighted by atomic mass is 10.1. The van der Waals surface area contributed by atoms with Crippen LogP contribution in [0.25, 0.3) is 0 Å². The molecule has 0 N–H and O–H groups in total. The molecule has 0 radical (unpaired) electrons. The van der Waals surface area contributed by atoms with Gasteiger partial charge in [-0.05, 0) is 25.3 Å². The number of hydrogen-bond acceptors (Lipinski definition) is 2. The summed E-state index contributed by atoms with van der Waals surface area (Å²) in [5.41, 5.74) is -1.57. The molecule has 7 heteroatoms. The summed E-state index contributed by atoms with van der Waals surface area (Å²) in [7, 11) is 0. The first-order chi connectivity index (χ1) is 9.43. The number of esters is 1. The molecule has 1 aromatic carbocycles. The Hall–Kier alpha value is -1.92. The minimum atomic E-state index is -2.31. The summed E-state index contributed by atoms with van der Waals surface area (Å²) in [5, 5.41) is 0. The van der Waals surface area contributed by atoms with Crippen LogP contribution in [0.2, 0.25) is 0 Å². The Balaban J connectivity index is 2.34. The molecule has 0 fully saturated rings. The zero-order valence-electron chi connectivity index (χ0n) is 10.1. The smallest absolute Gasteiger partial charge is 0.344 e. The number of halogens is 5. The first-order valence-corrected chi connectivity index (χ1v) is 5.82. The minimum absolute atomic E-state index is 0.428. The third kappa shape index (κ3) is 2.52. The van der Waals surface area contributed by atoms with E-state index in [0.717, 1.165) is 6.42 Å². The van der Waals surface area contributed by atoms with Gasteiger partial charge >= 0.3 is 5.97 Å². The molecule has 108 valence electrons. The molecule has 0 aromatic heterocycles. The number of carbonyl (C=O) groups is 1. The average Bonchev–Trinajstić information content (AvgIpc) is 2.44. The highest BCUT2D eigenvalue weighted by atomic mass is 19.2. The third-order valence-corrected chi connectivity index (χ3v) is 2.88. The topological polar surface area (TPSA) is 26.3 Å². The highest BCUT2D eigenvalue weighted by Gasteiger charge is 2.31. The maximum absolute atomic E-state index is 13.4. The van der Waals surface area contributed by atoms with E-state index in [-0.39, 0.29) is 0 Å². The Kier molecular flexibility index (Phi) is 4.06. The molecule has 0 saturated heterocycles. The van der Waals surface area contributed by atoms with Crippen LogP contribution in [-0.2, 0) is 4.74 Å². The van der Waals surface area contributed by atoms with Crippen molar-refractivity contribution in [2.45, 2.75) is 25.4 Å². The van der Waals surface area contributed by atoms with Crippen LogP contribution in [0.4, 0.5) is 22.0 Å². The Morgan fingerprint density at radius 1 is 1.00 bits per heavy atom. The molecule has 0 bridgehead atoms. The number of carbonyl (C=O) groups excluding carboxylic acids is 1. The molecule has 1 aromatic rings. The summed E-state index contributed by atoms with van der Waals surface area (Å²) in [6, 6.07) is 0. The maximum Gasteiger partial charge on any atom is 0.344 e. The van der Waals surface area contributed by atoms with Gasteiger partial charge in [-0.25, -0.2) is 26.7 Å². The minimum Gasteiger partial charge on any atom is -0.454 e. The molecular weight excluding hydrogens is 283 g/mol. The van der Waals surface area contributed by atoms with Crippen molar-refractivity contribution in [2.24, 2.45) is 0 Å². The van der Waals surface area contributed by atoms with E-state index < -0.39 is 46.7 Å². The standard InChI is InChI=1S/C13H9F5O2/c14-8-7(9(15)11(17)12(18)10(8)16)13(19)20-6-4-2-1-3-5-6/h2,4,6H,1,3,5H2/t6-/m1/s1. The molecule has 0 amide bonds. The number of rotatable bonds is 2. The summed E-state index contributed by atoms with van der Waals surface area (Å²) in [4.78, 5) is 11.6. The fourth-order valence-electron chi connectivity index (χ4n) is 1.86. The first-order valence-electron chi connectivity index (χ1n) is 5.82. The van der Waals surface area contributed by atoms with Crippen LogP contribution in [-0.4, -0.2) is 12.1 Å². The molecular formula is C13H9F5O2. The Morgan fingerprint density at radius 2 is 1.55 bits per heavy atom. The van der Waals surface area contributed by atoms with Gasteiger partial charge in [-0.1, -0.05) is 6.08 Å². The Morgan fingerprint density at radius 3 is 2.05 bits per heavy atom. The second-order valence-electron chi connectivity index (χ2n) is 4.25. The van der Waals surface area contributed by atoms with E-state index in [0.29, 0.717) is 12.8 Å². The molecule has 20 heavy (non-hydrogen) atoms. The van der Waals surface area contributed by atoms with E-state index in [4.69, 9.17) is 4.74 Å². The summed E-state index contributed by atoms with van der Waals surface area (Å²) >= 11 is 0. The number of allylic oxidation sites excluding steroid dienone is 1. The number of ether oxygens (including phenoxy) is 1. The van der Waals surface area contributed by atoms with E-state index in [9.17, 15) is 26.7 Å². The molecule has 0 saturated carbocycles. The molecule has 1 atom stereocenters. The predicted octanol–water partition coefficient (Wildman–Crippen LogP) is 3.65. The van der Waals surface area contributed by atoms with Crippen LogP contribution in [0.5, 0.6) is 0 Å². The van der Waals surface area contributed by atoms with Gasteiger partial charge in [0.25, 0.3) is 0 Å². The zero-order valence-corrected chi connectivity index (χ0v) is 10.1. The van der Waals surface area contributed by atoms with Crippen LogP contribution >= 0.6 is 0 Å². The van der Waals surface area contributed by atoms with Crippen molar-refractivity contribution in [3.63, 3.8) is 0 Å². The number of benzene rings is 1. The second-order valence-corrected chi connectivity index (χ2v) is 4.25. The van der Waals surface area contributed by atoms with Gasteiger partial charge in [0.2, 0.25) is 5.82 Å². The van der Waals surface area contributed by atoms with Gasteiger partial charge in [-0.15, -0.1) is 0 Å². The average molecular weight is 292 g/mol. The van der Waals surface area contributed by atoms with Crippen LogP contribution in [0.3, 0.4) is 0 Å². The quantitative estimate of drug-likeness (QED) is 0.273. The second kappa shape index (κ2) is 5.60. The third-order valence-electron chi connectivity index (χ3n) is 2.88. The fourth-order valence-corrected chi connectivity index (χ4v) is 1.86. The largest absolute Gasteiger partial charge is 0.454 e. The Bertz CT molecular complexity index is 554. The van der Waals surface area contributed by atoms with Crippen molar-refractivity contribution >= 4 is 5.97 Å². The monoisotopic (exact) mass is 292 g/mol. The summed E-state index contributed by atoms with van der Waals surface area (Å²) < 4.78 is 70.2. The molecule has 0 spiro atoms. The zero-order chi connectivity index (χ0) is 14.9. The van der Waals surface area contributed by atoms with Crippen molar-refractivity contribution in [3.05, 3.63) is 46.8 Å². The van der Waals surface area contributed by atoms with Crippen molar-refractivity contribution in [3.8, 4) is 0 Å². The van der Waals surface area contributed by atoms with Crippen LogP contribution in [0.15, 0.2) is 12.2 Å². The molecule has 1 aliphatic rings. The number of hydrogen-bond donors (Lipinski definition) is 0. The highest BCUT2D eigenvalue weighted by molar-refractivity contribution is 5.90. The van der Waals surface area contributed by atoms with Gasteiger partial charge in [0.05, 0.1) is 0 Å². The van der Waals surface area contributed by atoms with Gasteiger partial charge in [0.1, 0.15) is 11.7 Å². The van der Waals surface area contributed by atoms with Crippen LogP contribution in [0, 0.1) is 29.1 Å². The molecule has 0 aliphatic heterocycles. The van der Waals surface area contributed by atoms with Gasteiger partial charge in [-0.2, -0.15) is 0 Å². The molecule has 2 rings (SSSR count). The van der Waals surface area contributed by atoms with Crippen molar-refractivity contribution < 1.29 is 31.5 Å². The van der Waals surface area contributed by atoms with Gasteiger partial charge in [-0.3, -0.25) is 0 Å². The lowest BCUT2D eigenvalue weighted by Crippen LogP contribution is -2.21. The van der Waals surface area contributed by atoms with Crippen molar-refractivity contribution in [2.75, 3.05) is 0 Å². The lowest BCUT2D eigenvalue weighted by molar-refractivity contribution is 0.0355. The van der Waals surface area contributed by atoms with Crippen LogP contribution < -0.4 is 0 Å². The fraction of sp³-hybridized carbons (Fsp3) is 0.308. The first kappa shape index (κ1) is 14.5. The van der Waals surface area contributed by atoms with Crippen molar-refractivity contribution in [1.29, 1.82) is 0 Å². The maximum atomic E-state index is 13.4. The summed E-state index contributed by atoms with van der Waals surface area (Å²) in [5.74, 6) is -12.6. The van der Waals surface area contributed by atoms with E-state index in [1.807, 2.05) is 0 Å². The van der Waals surface area contributed by atoms with E-state index in [2.05, 4.69) is 0 Å². The van der Waals surface area contributed by atoms with E-state index in [1.165, 1.54) is 6.08 Å². The Labute approximate surface area is 110 Å². The molecule has 1 aliphatic carbocycles. The van der Waals surface area contributed by atoms with Gasteiger partial charge in [0.15, 0.2) is 23.3 Å². The lowest BCUT2D eigenvalue weighted by Gasteiger charge is -2.17. The van der Waals surface area contributed by atoms with E-state index in [1.54, 1.807) is 6.08 Å². The normalized spacial score (nSPS) is 18.1. The summed E-state index contributed by atoms with van der Waals surface area (Å²) in [6.45, 7) is 0. The predicted molar refractivity (Wildman–Crippen MR) is 58.4 cm³/mol. The van der Waals surface area contributed by atoms with E-state index >= 15 is 0 Å². The van der Waals surface area contributed by atoms with Gasteiger partial charge in [0, 0.05) is 0 Å². The summed E-state index contributed by atoms with van der Waals surface area (Å²) in [6.07, 6.45) is 4.39. The molecule has 0 heterocycles. The molecule has 2 nitrogen and oxygen atoms in total. The highest BCUT2D eigenvalue weighted by Crippen LogP contribution is 2.25. The van der Waals surface area contributed by atoms with Gasteiger partial charge < -0.3 is 4.74 Å². The SMILES string of the molecule is O=C(O[C@@H]1C=CCCC1)c1c(F)c(F)c(F)c(F)c1F. The van der Waals surface area contributed by atoms with Crippen molar-refractivity contribution in [1.82, 2.24) is 0 Å². The van der Waals surface area contributed by atoms with Crippen LogP contribution in [0.1, 0.15) is 29.6 Å². The molecule has 0 unspecified atom stereocenters.